The molecule has 4 aliphatic carbocycles. The second-order valence-electron chi connectivity index (χ2n) is 10.5. The Hall–Kier alpha value is -1.93. The first-order valence-corrected chi connectivity index (χ1v) is 11.4. The normalized spacial score (nSPS) is 44.6. The third kappa shape index (κ3) is 2.59. The van der Waals surface area contributed by atoms with E-state index in [1.165, 1.54) is 6.08 Å². The molecule has 0 heterocycles. The van der Waals surface area contributed by atoms with Crippen LogP contribution in [0.3, 0.4) is 0 Å². The molecule has 3 saturated carbocycles. The highest BCUT2D eigenvalue weighted by atomic mass is 19.1. The zero-order chi connectivity index (χ0) is 23.7. The summed E-state index contributed by atoms with van der Waals surface area (Å²) in [7, 11) is 0. The molecule has 0 aromatic heterocycles. The molecule has 0 aliphatic heterocycles. The highest BCUT2D eigenvalue weighted by Crippen LogP contribution is 2.72. The summed E-state index contributed by atoms with van der Waals surface area (Å²) >= 11 is 0. The van der Waals surface area contributed by atoms with Gasteiger partial charge in [0.2, 0.25) is 5.78 Å². The number of hydrogen-bond acceptors (Lipinski definition) is 7. The van der Waals surface area contributed by atoms with Gasteiger partial charge >= 0.3 is 5.97 Å². The smallest absolute Gasteiger partial charge is 0.306 e. The molecule has 4 aliphatic rings. The Morgan fingerprint density at radius 2 is 1.88 bits per heavy atom. The highest BCUT2D eigenvalue weighted by molar-refractivity contribution is 6.29. The number of rotatable bonds is 4. The zero-order valence-electron chi connectivity index (χ0n) is 18.8. The van der Waals surface area contributed by atoms with Crippen LogP contribution in [0.15, 0.2) is 11.6 Å². The molecule has 0 bridgehead atoms. The van der Waals surface area contributed by atoms with Crippen molar-refractivity contribution in [1.82, 2.24) is 0 Å². The molecular weight excluding hydrogens is 419 g/mol. The molecule has 0 aromatic carbocycles. The first kappa shape index (κ1) is 23.2. The first-order valence-electron chi connectivity index (χ1n) is 11.4. The number of ether oxygens (including phenoxy) is 1. The number of allylic oxidation sites excluding steroid dienone is 1. The molecule has 0 radical (unpaired) electrons. The maximum absolute atomic E-state index is 17.2. The van der Waals surface area contributed by atoms with E-state index in [9.17, 15) is 29.4 Å². The summed E-state index contributed by atoms with van der Waals surface area (Å²) in [5.74, 6) is -5.90. The van der Waals surface area contributed by atoms with Crippen molar-refractivity contribution in [2.75, 3.05) is 0 Å². The van der Waals surface area contributed by atoms with Crippen LogP contribution in [0.4, 0.5) is 4.39 Å². The minimum Gasteiger partial charge on any atom is -0.450 e. The van der Waals surface area contributed by atoms with Crippen LogP contribution >= 0.6 is 0 Å². The highest BCUT2D eigenvalue weighted by Gasteiger charge is 2.80. The maximum Gasteiger partial charge on any atom is 0.306 e. The summed E-state index contributed by atoms with van der Waals surface area (Å²) in [6.07, 6.45) is 2.30. The van der Waals surface area contributed by atoms with Gasteiger partial charge in [0.25, 0.3) is 0 Å². The molecule has 3 fully saturated rings. The number of aliphatic hydroxyl groups is 2. The standard InChI is InChI=1S/C24H31FO7/c1-4-19(29)32-22(18(28)12-26)10-8-16-17-6-5-14-11-15(27)7-9-20(14,2)24(17,25)23(30,31)13-21(16,22)3/h11-12,16-17,30-31H,4-10,13H2,1-3H3/t16-,17-,20-,21-,22-,24+/m0/s1. The number of aldehydes is 1. The van der Waals surface area contributed by atoms with Gasteiger partial charge in [-0.25, -0.2) is 4.39 Å². The van der Waals surface area contributed by atoms with Crippen molar-refractivity contribution in [2.45, 2.75) is 89.2 Å². The van der Waals surface area contributed by atoms with E-state index in [4.69, 9.17) is 4.74 Å². The van der Waals surface area contributed by atoms with E-state index < -0.39 is 57.9 Å². The molecule has 0 amide bonds. The van der Waals surface area contributed by atoms with Gasteiger partial charge in [-0.2, -0.15) is 0 Å². The average Bonchev–Trinajstić information content (AvgIpc) is 3.00. The number of fused-ring (bicyclic) bond motifs is 5. The lowest BCUT2D eigenvalue weighted by Gasteiger charge is -2.65. The fourth-order valence-electron chi connectivity index (χ4n) is 7.67. The lowest BCUT2D eigenvalue weighted by molar-refractivity contribution is -0.352. The van der Waals surface area contributed by atoms with Crippen molar-refractivity contribution in [3.63, 3.8) is 0 Å². The van der Waals surface area contributed by atoms with Gasteiger partial charge in [-0.3, -0.25) is 19.2 Å². The van der Waals surface area contributed by atoms with Crippen LogP contribution in [-0.4, -0.2) is 51.1 Å². The second-order valence-corrected chi connectivity index (χ2v) is 10.5. The minimum atomic E-state index is -2.85. The summed E-state index contributed by atoms with van der Waals surface area (Å²) in [5.41, 5.74) is -6.29. The van der Waals surface area contributed by atoms with E-state index in [0.29, 0.717) is 18.4 Å². The molecule has 8 heteroatoms. The molecule has 6 atom stereocenters. The van der Waals surface area contributed by atoms with Gasteiger partial charge in [0, 0.05) is 36.0 Å². The van der Waals surface area contributed by atoms with Crippen LogP contribution in [0.5, 0.6) is 0 Å². The molecule has 0 unspecified atom stereocenters. The summed E-state index contributed by atoms with van der Waals surface area (Å²) in [6, 6.07) is 0. The molecule has 0 spiro atoms. The lowest BCUT2D eigenvalue weighted by atomic mass is 9.42. The third-order valence-corrected chi connectivity index (χ3v) is 9.27. The van der Waals surface area contributed by atoms with Gasteiger partial charge in [-0.1, -0.05) is 26.3 Å². The molecule has 0 aromatic rings. The minimum absolute atomic E-state index is 0.0191. The van der Waals surface area contributed by atoms with Crippen molar-refractivity contribution in [3.05, 3.63) is 11.6 Å². The Kier molecular flexibility index (Phi) is 5.11. The van der Waals surface area contributed by atoms with Crippen LogP contribution < -0.4 is 0 Å². The SMILES string of the molecule is CCC(=O)O[C@]1(C(=O)C=O)CC[C@H]2[C@@H]3CCC4=CC(=O)CC[C@]4(C)[C@@]3(F)C(O)(O)C[C@@]21C. The van der Waals surface area contributed by atoms with Crippen LogP contribution in [0.25, 0.3) is 0 Å². The molecule has 176 valence electrons. The van der Waals surface area contributed by atoms with Crippen LogP contribution in [-0.2, 0) is 23.9 Å². The van der Waals surface area contributed by atoms with Gasteiger partial charge in [-0.05, 0) is 44.1 Å². The average molecular weight is 451 g/mol. The molecule has 7 nitrogen and oxygen atoms in total. The number of hydrogen-bond donors (Lipinski definition) is 2. The van der Waals surface area contributed by atoms with Crippen molar-refractivity contribution in [3.8, 4) is 0 Å². The number of carbonyl (C=O) groups is 4. The van der Waals surface area contributed by atoms with Gasteiger partial charge in [0.15, 0.2) is 29.1 Å². The molecule has 0 saturated heterocycles. The van der Waals surface area contributed by atoms with Crippen LogP contribution in [0.1, 0.15) is 72.1 Å². The second kappa shape index (κ2) is 7.03. The maximum atomic E-state index is 17.2. The number of ketones is 2. The Morgan fingerprint density at radius 3 is 2.50 bits per heavy atom. The third-order valence-electron chi connectivity index (χ3n) is 9.27. The van der Waals surface area contributed by atoms with E-state index in [2.05, 4.69) is 0 Å². The number of esters is 1. The van der Waals surface area contributed by atoms with Gasteiger partial charge in [0.05, 0.1) is 0 Å². The van der Waals surface area contributed by atoms with E-state index in [1.54, 1.807) is 20.8 Å². The summed E-state index contributed by atoms with van der Waals surface area (Å²) in [4.78, 5) is 48.7. The fourth-order valence-corrected chi connectivity index (χ4v) is 7.67. The van der Waals surface area contributed by atoms with E-state index >= 15 is 4.39 Å². The summed E-state index contributed by atoms with van der Waals surface area (Å²) in [6.45, 7) is 4.82. The number of alkyl halides is 1. The fraction of sp³-hybridized carbons (Fsp3) is 0.750. The quantitative estimate of drug-likeness (QED) is 0.292. The summed E-state index contributed by atoms with van der Waals surface area (Å²) in [5, 5.41) is 22.6. The number of Topliss-reactive ketones (excluding diaryl/α,β-unsaturated/α-hetero) is 1. The lowest BCUT2D eigenvalue weighted by Crippen LogP contribution is -2.75. The number of halogens is 1. The Balaban J connectivity index is 1.86. The van der Waals surface area contributed by atoms with Crippen LogP contribution in [0.2, 0.25) is 0 Å². The topological polar surface area (TPSA) is 118 Å². The van der Waals surface area contributed by atoms with E-state index in [-0.39, 0.29) is 44.2 Å². The Labute approximate surface area is 186 Å². The van der Waals surface area contributed by atoms with Gasteiger partial charge < -0.3 is 14.9 Å². The predicted molar refractivity (Wildman–Crippen MR) is 110 cm³/mol. The summed E-state index contributed by atoms with van der Waals surface area (Å²) < 4.78 is 22.8. The Bertz CT molecular complexity index is 925. The van der Waals surface area contributed by atoms with Crippen molar-refractivity contribution in [1.29, 1.82) is 0 Å². The van der Waals surface area contributed by atoms with Gasteiger partial charge in [0.1, 0.15) is 0 Å². The van der Waals surface area contributed by atoms with Crippen molar-refractivity contribution >= 4 is 23.8 Å². The van der Waals surface area contributed by atoms with Crippen molar-refractivity contribution < 1.29 is 38.5 Å². The monoisotopic (exact) mass is 450 g/mol. The molecule has 2 N–H and O–H groups in total. The Morgan fingerprint density at radius 1 is 1.19 bits per heavy atom. The van der Waals surface area contributed by atoms with Crippen molar-refractivity contribution in [2.24, 2.45) is 22.7 Å². The van der Waals surface area contributed by atoms with E-state index in [1.807, 2.05) is 0 Å². The van der Waals surface area contributed by atoms with Gasteiger partial charge in [-0.15, -0.1) is 0 Å². The molecule has 4 rings (SSSR count). The van der Waals surface area contributed by atoms with Crippen LogP contribution in [0, 0.1) is 22.7 Å². The zero-order valence-corrected chi connectivity index (χ0v) is 18.8. The number of carbonyl (C=O) groups excluding carboxylic acids is 4. The molecular formula is C24H31FO7. The molecule has 32 heavy (non-hydrogen) atoms. The predicted octanol–water partition coefficient (Wildman–Crippen LogP) is 2.36. The van der Waals surface area contributed by atoms with E-state index in [0.717, 1.165) is 0 Å². The largest absolute Gasteiger partial charge is 0.450 e. The first-order chi connectivity index (χ1) is 14.8.